The first-order chi connectivity index (χ1) is 13.2. The molecule has 1 fully saturated rings. The van der Waals surface area contributed by atoms with E-state index in [4.69, 9.17) is 16.3 Å². The second-order valence-corrected chi connectivity index (χ2v) is 7.26. The Balaban J connectivity index is 1.60. The fourth-order valence-corrected chi connectivity index (χ4v) is 3.67. The van der Waals surface area contributed by atoms with Gasteiger partial charge in [-0.05, 0) is 42.7 Å². The zero-order valence-corrected chi connectivity index (χ0v) is 16.5. The fourth-order valence-electron chi connectivity index (χ4n) is 3.48. The lowest BCUT2D eigenvalue weighted by Crippen LogP contribution is -2.48. The number of hydrogen-bond donors (Lipinski definition) is 2. The summed E-state index contributed by atoms with van der Waals surface area (Å²) in [4.78, 5) is 8.72. The van der Waals surface area contributed by atoms with Crippen LogP contribution < -0.4 is 10.6 Å². The van der Waals surface area contributed by atoms with Gasteiger partial charge in [-0.3, -0.25) is 9.98 Å². The van der Waals surface area contributed by atoms with Crippen LogP contribution in [-0.4, -0.2) is 44.3 Å². The first-order valence-corrected chi connectivity index (χ1v) is 9.78. The average Bonchev–Trinajstić information content (AvgIpc) is 2.72. The van der Waals surface area contributed by atoms with Crippen LogP contribution in [0.25, 0.3) is 0 Å². The Morgan fingerprint density at radius 1 is 1.19 bits per heavy atom. The van der Waals surface area contributed by atoms with Crippen molar-refractivity contribution >= 4 is 17.6 Å². The van der Waals surface area contributed by atoms with Crippen LogP contribution in [0.3, 0.4) is 0 Å². The van der Waals surface area contributed by atoms with Crippen molar-refractivity contribution in [1.82, 2.24) is 15.6 Å². The van der Waals surface area contributed by atoms with E-state index < -0.39 is 0 Å². The molecule has 0 bridgehead atoms. The number of benzene rings is 1. The van der Waals surface area contributed by atoms with E-state index >= 15 is 0 Å². The minimum Gasteiger partial charge on any atom is -0.381 e. The monoisotopic (exact) mass is 386 g/mol. The molecule has 1 aliphatic rings. The molecule has 144 valence electrons. The number of pyridine rings is 1. The molecule has 6 heteroatoms. The van der Waals surface area contributed by atoms with Crippen LogP contribution in [0.4, 0.5) is 0 Å². The predicted molar refractivity (Wildman–Crippen MR) is 110 cm³/mol. The third-order valence-electron chi connectivity index (χ3n) is 5.10. The fraction of sp³-hybridized carbons (Fsp3) is 0.429. The van der Waals surface area contributed by atoms with Gasteiger partial charge in [0.2, 0.25) is 0 Å². The number of guanidine groups is 1. The Hall–Kier alpha value is -2.11. The van der Waals surface area contributed by atoms with Crippen molar-refractivity contribution in [2.75, 3.05) is 33.4 Å². The third kappa shape index (κ3) is 5.44. The summed E-state index contributed by atoms with van der Waals surface area (Å²) in [5.74, 6) is 0.804. The molecule has 0 unspecified atom stereocenters. The summed E-state index contributed by atoms with van der Waals surface area (Å²) in [5, 5.41) is 7.66. The molecule has 1 aromatic heterocycles. The highest BCUT2D eigenvalue weighted by Crippen LogP contribution is 2.35. The van der Waals surface area contributed by atoms with Crippen LogP contribution in [0.15, 0.2) is 53.7 Å². The molecule has 1 aromatic carbocycles. The summed E-state index contributed by atoms with van der Waals surface area (Å²) in [6.07, 6.45) is 4.60. The van der Waals surface area contributed by atoms with E-state index in [0.717, 1.165) is 62.2 Å². The minimum absolute atomic E-state index is 0.00174. The standard InChI is InChI=1S/C21H27ClN4O/c1-23-20(25-12-8-19-7-2-3-11-24-19)26-16-21(9-13-27-14-10-21)17-5-4-6-18(22)15-17/h2-7,11,15H,8-10,12-14,16H2,1H3,(H2,23,25,26). The number of nitrogens with one attached hydrogen (secondary N) is 2. The van der Waals surface area contributed by atoms with Gasteiger partial charge < -0.3 is 15.4 Å². The number of rotatable bonds is 6. The second kappa shape index (κ2) is 9.72. The molecule has 3 rings (SSSR count). The topological polar surface area (TPSA) is 58.5 Å². The van der Waals surface area contributed by atoms with Gasteiger partial charge in [0.1, 0.15) is 0 Å². The third-order valence-corrected chi connectivity index (χ3v) is 5.34. The van der Waals surface area contributed by atoms with Gasteiger partial charge in [-0.15, -0.1) is 0 Å². The Bertz CT molecular complexity index is 745. The average molecular weight is 387 g/mol. The van der Waals surface area contributed by atoms with Crippen molar-refractivity contribution in [1.29, 1.82) is 0 Å². The summed E-state index contributed by atoms with van der Waals surface area (Å²) < 4.78 is 5.61. The van der Waals surface area contributed by atoms with Crippen LogP contribution in [0, 0.1) is 0 Å². The summed E-state index contributed by atoms with van der Waals surface area (Å²) in [6.45, 7) is 3.10. The highest BCUT2D eigenvalue weighted by molar-refractivity contribution is 6.30. The quantitative estimate of drug-likeness (QED) is 0.591. The molecule has 0 spiro atoms. The van der Waals surface area contributed by atoms with Crippen LogP contribution in [0.2, 0.25) is 5.02 Å². The number of hydrogen-bond acceptors (Lipinski definition) is 3. The molecule has 1 saturated heterocycles. The summed E-state index contributed by atoms with van der Waals surface area (Å²) >= 11 is 6.25. The molecule has 0 saturated carbocycles. The molecule has 1 aliphatic heterocycles. The van der Waals surface area contributed by atoms with Crippen LogP contribution >= 0.6 is 11.6 Å². The molecular formula is C21H27ClN4O. The zero-order chi connectivity index (χ0) is 19.0. The van der Waals surface area contributed by atoms with Gasteiger partial charge in [0.05, 0.1) is 0 Å². The Morgan fingerprint density at radius 2 is 2.04 bits per heavy atom. The first-order valence-electron chi connectivity index (χ1n) is 9.40. The van der Waals surface area contributed by atoms with Crippen molar-refractivity contribution in [3.63, 3.8) is 0 Å². The van der Waals surface area contributed by atoms with Gasteiger partial charge >= 0.3 is 0 Å². The Labute approximate surface area is 166 Å². The van der Waals surface area contributed by atoms with Crippen molar-refractivity contribution in [3.8, 4) is 0 Å². The van der Waals surface area contributed by atoms with Crippen LogP contribution in [-0.2, 0) is 16.6 Å². The highest BCUT2D eigenvalue weighted by atomic mass is 35.5. The number of ether oxygens (including phenoxy) is 1. The highest BCUT2D eigenvalue weighted by Gasteiger charge is 2.34. The summed E-state index contributed by atoms with van der Waals surface area (Å²) in [6, 6.07) is 14.2. The maximum Gasteiger partial charge on any atom is 0.191 e. The number of aliphatic imine (C=N–C) groups is 1. The van der Waals surface area contributed by atoms with E-state index in [0.29, 0.717) is 0 Å². The Morgan fingerprint density at radius 3 is 2.74 bits per heavy atom. The second-order valence-electron chi connectivity index (χ2n) is 6.83. The summed E-state index contributed by atoms with van der Waals surface area (Å²) in [5.41, 5.74) is 2.33. The molecule has 0 atom stereocenters. The van der Waals surface area contributed by atoms with Crippen molar-refractivity contribution in [2.45, 2.75) is 24.7 Å². The van der Waals surface area contributed by atoms with E-state index in [1.807, 2.05) is 36.5 Å². The van der Waals surface area contributed by atoms with Crippen LogP contribution in [0.5, 0.6) is 0 Å². The smallest absolute Gasteiger partial charge is 0.191 e. The van der Waals surface area contributed by atoms with E-state index in [2.05, 4.69) is 32.7 Å². The van der Waals surface area contributed by atoms with Gasteiger partial charge in [0, 0.05) is 62.1 Å². The lowest BCUT2D eigenvalue weighted by Gasteiger charge is -2.38. The normalized spacial score (nSPS) is 16.7. The predicted octanol–water partition coefficient (Wildman–Crippen LogP) is 3.19. The van der Waals surface area contributed by atoms with Crippen molar-refractivity contribution < 1.29 is 4.74 Å². The number of halogens is 1. The van der Waals surface area contributed by atoms with Gasteiger partial charge in [-0.25, -0.2) is 0 Å². The first kappa shape index (κ1) is 19.6. The van der Waals surface area contributed by atoms with E-state index in [-0.39, 0.29) is 5.41 Å². The molecule has 5 nitrogen and oxygen atoms in total. The van der Waals surface area contributed by atoms with Crippen LogP contribution in [0.1, 0.15) is 24.1 Å². The molecule has 2 heterocycles. The molecular weight excluding hydrogens is 360 g/mol. The minimum atomic E-state index is 0.00174. The maximum absolute atomic E-state index is 6.25. The SMILES string of the molecule is CN=C(NCCc1ccccn1)NCC1(c2cccc(Cl)c2)CCOCC1. The van der Waals surface area contributed by atoms with E-state index in [1.54, 1.807) is 7.05 Å². The van der Waals surface area contributed by atoms with Gasteiger partial charge in [0.15, 0.2) is 5.96 Å². The molecule has 0 aliphatic carbocycles. The van der Waals surface area contributed by atoms with Gasteiger partial charge in [-0.1, -0.05) is 29.8 Å². The Kier molecular flexibility index (Phi) is 7.07. The lowest BCUT2D eigenvalue weighted by atomic mass is 9.74. The molecule has 2 aromatic rings. The largest absolute Gasteiger partial charge is 0.381 e. The molecule has 0 amide bonds. The van der Waals surface area contributed by atoms with E-state index in [9.17, 15) is 0 Å². The van der Waals surface area contributed by atoms with Crippen molar-refractivity contribution in [3.05, 3.63) is 64.9 Å². The van der Waals surface area contributed by atoms with E-state index in [1.165, 1.54) is 5.56 Å². The molecule has 2 N–H and O–H groups in total. The zero-order valence-electron chi connectivity index (χ0n) is 15.7. The number of nitrogens with zero attached hydrogens (tertiary/aromatic N) is 2. The van der Waals surface area contributed by atoms with Crippen molar-refractivity contribution in [2.24, 2.45) is 4.99 Å². The molecule has 27 heavy (non-hydrogen) atoms. The van der Waals surface area contributed by atoms with Gasteiger partial charge in [0.25, 0.3) is 0 Å². The number of aromatic nitrogens is 1. The lowest BCUT2D eigenvalue weighted by molar-refractivity contribution is 0.0514. The molecule has 0 radical (unpaired) electrons. The summed E-state index contributed by atoms with van der Waals surface area (Å²) in [7, 11) is 1.80. The van der Waals surface area contributed by atoms with Gasteiger partial charge in [-0.2, -0.15) is 0 Å². The maximum atomic E-state index is 6.25.